The van der Waals surface area contributed by atoms with Gasteiger partial charge >= 0.3 is 5.97 Å². The Labute approximate surface area is 116 Å². The summed E-state index contributed by atoms with van der Waals surface area (Å²) in [5.74, 6) is -2.01. The maximum absolute atomic E-state index is 12.1. The van der Waals surface area contributed by atoms with Gasteiger partial charge in [0.25, 0.3) is 5.91 Å². The van der Waals surface area contributed by atoms with Crippen LogP contribution in [0.1, 0.15) is 37.0 Å². The highest BCUT2D eigenvalue weighted by Gasteiger charge is 2.37. The van der Waals surface area contributed by atoms with E-state index in [9.17, 15) is 19.8 Å². The predicted molar refractivity (Wildman–Crippen MR) is 71.5 cm³/mol. The number of aromatic hydroxyl groups is 1. The summed E-state index contributed by atoms with van der Waals surface area (Å²) < 4.78 is 0. The number of amides is 1. The molecule has 0 bridgehead atoms. The summed E-state index contributed by atoms with van der Waals surface area (Å²) in [7, 11) is 0. The van der Waals surface area contributed by atoms with E-state index < -0.39 is 17.4 Å². The number of aliphatic carboxylic acids is 1. The van der Waals surface area contributed by atoms with Crippen LogP contribution in [0.25, 0.3) is 0 Å². The number of nitrogens with one attached hydrogen (secondary N) is 1. The number of carboxylic acid groups (broad SMARTS) is 1. The molecule has 0 aliphatic heterocycles. The number of halogens is 1. The quantitative estimate of drug-likeness (QED) is 0.775. The topological polar surface area (TPSA) is 86.6 Å². The zero-order valence-electron chi connectivity index (χ0n) is 10.7. The van der Waals surface area contributed by atoms with Gasteiger partial charge in [-0.15, -0.1) is 0 Å². The lowest BCUT2D eigenvalue weighted by molar-refractivity contribution is -0.144. The Kier molecular flexibility index (Phi) is 4.78. The Balaban J connectivity index is 3.07. The van der Waals surface area contributed by atoms with Crippen LogP contribution in [0.5, 0.6) is 5.75 Å². The van der Waals surface area contributed by atoms with Crippen LogP contribution in [-0.4, -0.2) is 27.6 Å². The van der Waals surface area contributed by atoms with E-state index >= 15 is 0 Å². The minimum absolute atomic E-state index is 0.0416. The highest BCUT2D eigenvalue weighted by atomic mass is 35.5. The number of benzene rings is 1. The summed E-state index contributed by atoms with van der Waals surface area (Å²) in [6, 6.07) is 4.03. The van der Waals surface area contributed by atoms with Crippen molar-refractivity contribution in [3.63, 3.8) is 0 Å². The van der Waals surface area contributed by atoms with Crippen molar-refractivity contribution >= 4 is 23.5 Å². The molecule has 0 aliphatic carbocycles. The number of hydrogen-bond acceptors (Lipinski definition) is 3. The molecule has 1 aromatic carbocycles. The number of phenols is 1. The minimum Gasteiger partial charge on any atom is -0.507 e. The SMILES string of the molecule is CCC(CC)(NC(=O)c1cc(Cl)ccc1O)C(=O)O. The van der Waals surface area contributed by atoms with Gasteiger partial charge in [-0.25, -0.2) is 4.79 Å². The summed E-state index contributed by atoms with van der Waals surface area (Å²) in [5.41, 5.74) is -1.38. The second-order valence-corrected chi connectivity index (χ2v) is 4.65. The highest BCUT2D eigenvalue weighted by Crippen LogP contribution is 2.23. The first-order valence-corrected chi connectivity index (χ1v) is 6.28. The van der Waals surface area contributed by atoms with Crippen LogP contribution < -0.4 is 5.32 Å². The molecule has 0 saturated heterocycles. The van der Waals surface area contributed by atoms with Crippen LogP contribution in [-0.2, 0) is 4.79 Å². The van der Waals surface area contributed by atoms with Gasteiger partial charge in [0, 0.05) is 5.02 Å². The molecule has 6 heteroatoms. The Bertz CT molecular complexity index is 497. The number of hydrogen-bond donors (Lipinski definition) is 3. The summed E-state index contributed by atoms with van der Waals surface area (Å²) in [5, 5.41) is 21.6. The third kappa shape index (κ3) is 3.17. The fraction of sp³-hybridized carbons (Fsp3) is 0.385. The van der Waals surface area contributed by atoms with Crippen LogP contribution >= 0.6 is 11.6 Å². The first kappa shape index (κ1) is 15.3. The molecule has 5 nitrogen and oxygen atoms in total. The zero-order chi connectivity index (χ0) is 14.6. The van der Waals surface area contributed by atoms with Crippen LogP contribution in [0.3, 0.4) is 0 Å². The second kappa shape index (κ2) is 5.93. The van der Waals surface area contributed by atoms with E-state index in [4.69, 9.17) is 11.6 Å². The molecule has 3 N–H and O–H groups in total. The average Bonchev–Trinajstić information content (AvgIpc) is 2.38. The number of carboxylic acids is 1. The maximum Gasteiger partial charge on any atom is 0.329 e. The summed E-state index contributed by atoms with van der Waals surface area (Å²) in [4.78, 5) is 23.4. The fourth-order valence-corrected chi connectivity index (χ4v) is 1.93. The normalized spacial score (nSPS) is 11.1. The van der Waals surface area contributed by atoms with E-state index in [1.165, 1.54) is 18.2 Å². The Morgan fingerprint density at radius 2 is 1.89 bits per heavy atom. The molecule has 1 amide bonds. The van der Waals surface area contributed by atoms with Crippen molar-refractivity contribution in [1.82, 2.24) is 5.32 Å². The van der Waals surface area contributed by atoms with Gasteiger partial charge in [0.05, 0.1) is 5.56 Å². The van der Waals surface area contributed by atoms with Gasteiger partial charge in [0.15, 0.2) is 0 Å². The van der Waals surface area contributed by atoms with E-state index in [0.29, 0.717) is 0 Å². The van der Waals surface area contributed by atoms with Gasteiger partial charge in [0.1, 0.15) is 11.3 Å². The van der Waals surface area contributed by atoms with Crippen molar-refractivity contribution in [2.45, 2.75) is 32.2 Å². The Morgan fingerprint density at radius 1 is 1.32 bits per heavy atom. The molecular formula is C13H16ClNO4. The van der Waals surface area contributed by atoms with E-state index in [1.807, 2.05) is 0 Å². The monoisotopic (exact) mass is 285 g/mol. The molecule has 0 heterocycles. The van der Waals surface area contributed by atoms with E-state index in [1.54, 1.807) is 13.8 Å². The van der Waals surface area contributed by atoms with Gasteiger partial charge in [0.2, 0.25) is 0 Å². The highest BCUT2D eigenvalue weighted by molar-refractivity contribution is 6.31. The Morgan fingerprint density at radius 3 is 2.37 bits per heavy atom. The molecule has 0 aromatic heterocycles. The van der Waals surface area contributed by atoms with Crippen molar-refractivity contribution in [2.24, 2.45) is 0 Å². The second-order valence-electron chi connectivity index (χ2n) is 4.21. The fourth-order valence-electron chi connectivity index (χ4n) is 1.76. The number of rotatable bonds is 5. The van der Waals surface area contributed by atoms with Gasteiger partial charge in [-0.2, -0.15) is 0 Å². The summed E-state index contributed by atoms with van der Waals surface area (Å²) in [6.45, 7) is 3.35. The van der Waals surface area contributed by atoms with E-state index in [0.717, 1.165) is 0 Å². The lowest BCUT2D eigenvalue weighted by atomic mass is 9.92. The first-order valence-electron chi connectivity index (χ1n) is 5.90. The lowest BCUT2D eigenvalue weighted by Gasteiger charge is -2.28. The molecule has 1 rings (SSSR count). The molecule has 0 saturated carbocycles. The van der Waals surface area contributed by atoms with Crippen LogP contribution in [0.15, 0.2) is 18.2 Å². The van der Waals surface area contributed by atoms with Crippen LogP contribution in [0.2, 0.25) is 5.02 Å². The molecule has 104 valence electrons. The molecule has 0 radical (unpaired) electrons. The lowest BCUT2D eigenvalue weighted by Crippen LogP contribution is -2.53. The van der Waals surface area contributed by atoms with Gasteiger partial charge in [-0.1, -0.05) is 25.4 Å². The molecule has 0 unspecified atom stereocenters. The molecule has 0 atom stereocenters. The third-order valence-corrected chi connectivity index (χ3v) is 3.41. The predicted octanol–water partition coefficient (Wildman–Crippen LogP) is 2.42. The summed E-state index contributed by atoms with van der Waals surface area (Å²) in [6.07, 6.45) is 0.484. The van der Waals surface area contributed by atoms with Crippen molar-refractivity contribution in [1.29, 1.82) is 0 Å². The van der Waals surface area contributed by atoms with E-state index in [2.05, 4.69) is 5.32 Å². The standard InChI is InChI=1S/C13H16ClNO4/c1-3-13(4-2,12(18)19)15-11(17)9-7-8(14)5-6-10(9)16/h5-7,16H,3-4H2,1-2H3,(H,15,17)(H,18,19). The van der Waals surface area contributed by atoms with Crippen LogP contribution in [0, 0.1) is 0 Å². The molecule has 0 aliphatic rings. The number of carbonyl (C=O) groups is 2. The van der Waals surface area contributed by atoms with Crippen LogP contribution in [0.4, 0.5) is 0 Å². The molecule has 19 heavy (non-hydrogen) atoms. The summed E-state index contributed by atoms with van der Waals surface area (Å²) >= 11 is 5.75. The van der Waals surface area contributed by atoms with Crippen molar-refractivity contribution in [3.8, 4) is 5.75 Å². The minimum atomic E-state index is -1.34. The largest absolute Gasteiger partial charge is 0.507 e. The Hall–Kier alpha value is -1.75. The molecule has 1 aromatic rings. The molecular weight excluding hydrogens is 270 g/mol. The average molecular weight is 286 g/mol. The molecule has 0 fully saturated rings. The number of carbonyl (C=O) groups excluding carboxylic acids is 1. The van der Waals surface area contributed by atoms with Crippen molar-refractivity contribution in [3.05, 3.63) is 28.8 Å². The van der Waals surface area contributed by atoms with Gasteiger partial charge in [-0.05, 0) is 31.0 Å². The van der Waals surface area contributed by atoms with Crippen molar-refractivity contribution in [2.75, 3.05) is 0 Å². The first-order chi connectivity index (χ1) is 8.86. The smallest absolute Gasteiger partial charge is 0.329 e. The maximum atomic E-state index is 12.1. The van der Waals surface area contributed by atoms with Gasteiger partial charge < -0.3 is 15.5 Å². The van der Waals surface area contributed by atoms with E-state index in [-0.39, 0.29) is 29.2 Å². The third-order valence-electron chi connectivity index (χ3n) is 3.17. The van der Waals surface area contributed by atoms with Crippen molar-refractivity contribution < 1.29 is 19.8 Å². The molecule has 0 spiro atoms. The number of phenolic OH excluding ortho intramolecular Hbond substituents is 1. The van der Waals surface area contributed by atoms with Gasteiger partial charge in [-0.3, -0.25) is 4.79 Å². The zero-order valence-corrected chi connectivity index (χ0v) is 11.5.